The average molecular weight is 476 g/mol. The molecule has 2 N–H and O–H groups in total. The maximum Gasteiger partial charge on any atom is 0.409 e. The summed E-state index contributed by atoms with van der Waals surface area (Å²) < 4.78 is 5.04. The number of pyridine rings is 1. The molecule has 35 heavy (non-hydrogen) atoms. The molecule has 1 aliphatic heterocycles. The van der Waals surface area contributed by atoms with Gasteiger partial charge >= 0.3 is 6.09 Å². The molecular weight excluding hydrogens is 446 g/mol. The Bertz CT molecular complexity index is 1160. The number of anilines is 3. The SMILES string of the molecule is CCOC(=O)N1CCN(CC(=O)Nc2ccc(C)c(Nc3nccc(-c4ccncc4)n3)c2)CC1. The van der Waals surface area contributed by atoms with E-state index in [1.54, 1.807) is 30.4 Å². The van der Waals surface area contributed by atoms with Gasteiger partial charge in [0.05, 0.1) is 18.8 Å². The highest BCUT2D eigenvalue weighted by molar-refractivity contribution is 5.93. The Morgan fingerprint density at radius 2 is 1.80 bits per heavy atom. The number of carbonyl (C=O) groups excluding carboxylic acids is 2. The number of carbonyl (C=O) groups is 2. The number of amides is 2. The number of hydrogen-bond donors (Lipinski definition) is 2. The Morgan fingerprint density at radius 3 is 2.54 bits per heavy atom. The van der Waals surface area contributed by atoms with Crippen molar-refractivity contribution in [2.75, 3.05) is 50.0 Å². The highest BCUT2D eigenvalue weighted by atomic mass is 16.6. The highest BCUT2D eigenvalue weighted by Gasteiger charge is 2.23. The number of ether oxygens (including phenoxy) is 1. The molecule has 0 aliphatic carbocycles. The second kappa shape index (κ2) is 11.4. The van der Waals surface area contributed by atoms with Gasteiger partial charge in [0.15, 0.2) is 0 Å². The lowest BCUT2D eigenvalue weighted by molar-refractivity contribution is -0.117. The summed E-state index contributed by atoms with van der Waals surface area (Å²) in [5.74, 6) is 0.352. The van der Waals surface area contributed by atoms with Gasteiger partial charge in [-0.1, -0.05) is 6.07 Å². The number of aromatic nitrogens is 3. The monoisotopic (exact) mass is 475 g/mol. The molecule has 1 aromatic carbocycles. The van der Waals surface area contributed by atoms with Crippen molar-refractivity contribution >= 4 is 29.3 Å². The first-order valence-corrected chi connectivity index (χ1v) is 11.6. The normalized spacial score (nSPS) is 13.8. The van der Waals surface area contributed by atoms with Crippen LogP contribution in [0.3, 0.4) is 0 Å². The van der Waals surface area contributed by atoms with Gasteiger partial charge < -0.3 is 20.3 Å². The van der Waals surface area contributed by atoms with Gasteiger partial charge in [0.25, 0.3) is 0 Å². The summed E-state index contributed by atoms with van der Waals surface area (Å²) in [6.45, 7) is 6.71. The van der Waals surface area contributed by atoms with Crippen LogP contribution >= 0.6 is 0 Å². The third-order valence-corrected chi connectivity index (χ3v) is 5.66. The predicted octanol–water partition coefficient (Wildman–Crippen LogP) is 3.30. The van der Waals surface area contributed by atoms with Gasteiger partial charge in [-0.2, -0.15) is 0 Å². The van der Waals surface area contributed by atoms with E-state index in [1.165, 1.54) is 0 Å². The Balaban J connectivity index is 1.35. The van der Waals surface area contributed by atoms with Crippen molar-refractivity contribution in [2.24, 2.45) is 0 Å². The summed E-state index contributed by atoms with van der Waals surface area (Å²) >= 11 is 0. The summed E-state index contributed by atoms with van der Waals surface area (Å²) in [6.07, 6.45) is 4.85. The fraction of sp³-hybridized carbons (Fsp3) is 0.320. The molecule has 2 amide bonds. The van der Waals surface area contributed by atoms with Gasteiger partial charge in [-0.15, -0.1) is 0 Å². The molecule has 0 bridgehead atoms. The van der Waals surface area contributed by atoms with Crippen molar-refractivity contribution in [3.63, 3.8) is 0 Å². The van der Waals surface area contributed by atoms with Crippen molar-refractivity contribution in [3.8, 4) is 11.3 Å². The molecule has 3 aromatic rings. The maximum absolute atomic E-state index is 12.6. The second-order valence-corrected chi connectivity index (χ2v) is 8.17. The lowest BCUT2D eigenvalue weighted by atomic mass is 10.1. The molecule has 10 heteroatoms. The first-order chi connectivity index (χ1) is 17.0. The minimum atomic E-state index is -0.299. The molecular formula is C25H29N7O3. The fourth-order valence-electron chi connectivity index (χ4n) is 3.76. The third-order valence-electron chi connectivity index (χ3n) is 5.66. The summed E-state index contributed by atoms with van der Waals surface area (Å²) in [5, 5.41) is 6.21. The highest BCUT2D eigenvalue weighted by Crippen LogP contribution is 2.24. The topological polar surface area (TPSA) is 113 Å². The van der Waals surface area contributed by atoms with Crippen LogP contribution in [0.4, 0.5) is 22.1 Å². The maximum atomic E-state index is 12.6. The zero-order valence-corrected chi connectivity index (χ0v) is 19.9. The van der Waals surface area contributed by atoms with E-state index in [0.717, 1.165) is 22.5 Å². The molecule has 10 nitrogen and oxygen atoms in total. The summed E-state index contributed by atoms with van der Waals surface area (Å²) in [7, 11) is 0. The van der Waals surface area contributed by atoms with E-state index in [-0.39, 0.29) is 18.5 Å². The van der Waals surface area contributed by atoms with Crippen molar-refractivity contribution in [3.05, 3.63) is 60.6 Å². The molecule has 1 fully saturated rings. The Hall–Kier alpha value is -4.05. The average Bonchev–Trinajstić information content (AvgIpc) is 2.87. The van der Waals surface area contributed by atoms with E-state index in [1.807, 2.05) is 48.2 Å². The first-order valence-electron chi connectivity index (χ1n) is 11.6. The zero-order chi connectivity index (χ0) is 24.6. The molecule has 0 unspecified atom stereocenters. The standard InChI is InChI=1S/C25H29N7O3/c1-3-35-25(34)32-14-12-31(13-15-32)17-23(33)28-20-5-4-18(2)22(16-20)30-24-27-11-8-21(29-24)19-6-9-26-10-7-19/h4-11,16H,3,12-15,17H2,1-2H3,(H,28,33)(H,27,29,30). The van der Waals surface area contributed by atoms with Crippen molar-refractivity contribution in [2.45, 2.75) is 13.8 Å². The van der Waals surface area contributed by atoms with Gasteiger partial charge in [-0.05, 0) is 49.7 Å². The minimum absolute atomic E-state index is 0.111. The quantitative estimate of drug-likeness (QED) is 0.535. The lowest BCUT2D eigenvalue weighted by Crippen LogP contribution is -2.50. The summed E-state index contributed by atoms with van der Waals surface area (Å²) in [5.41, 5.74) is 4.22. The number of hydrogen-bond acceptors (Lipinski definition) is 8. The Kier molecular flexibility index (Phi) is 7.84. The molecule has 4 rings (SSSR count). The van der Waals surface area contributed by atoms with Crippen LogP contribution in [0, 0.1) is 6.92 Å². The van der Waals surface area contributed by atoms with E-state index in [0.29, 0.717) is 44.4 Å². The number of aryl methyl sites for hydroxylation is 1. The molecule has 0 atom stereocenters. The number of piperazine rings is 1. The van der Waals surface area contributed by atoms with Crippen LogP contribution < -0.4 is 10.6 Å². The Labute approximate surface area is 204 Å². The second-order valence-electron chi connectivity index (χ2n) is 8.17. The summed E-state index contributed by atoms with van der Waals surface area (Å²) in [4.78, 5) is 41.1. The molecule has 0 spiro atoms. The molecule has 1 saturated heterocycles. The minimum Gasteiger partial charge on any atom is -0.450 e. The first kappa shape index (κ1) is 24.1. The zero-order valence-electron chi connectivity index (χ0n) is 19.9. The van der Waals surface area contributed by atoms with Crippen LogP contribution in [0.15, 0.2) is 55.0 Å². The van der Waals surface area contributed by atoms with Gasteiger partial charge in [0, 0.05) is 61.7 Å². The number of rotatable bonds is 7. The number of nitrogens with one attached hydrogen (secondary N) is 2. The number of benzene rings is 1. The molecule has 0 radical (unpaired) electrons. The predicted molar refractivity (Wildman–Crippen MR) is 133 cm³/mol. The smallest absolute Gasteiger partial charge is 0.409 e. The van der Waals surface area contributed by atoms with E-state index >= 15 is 0 Å². The molecule has 2 aromatic heterocycles. The Morgan fingerprint density at radius 1 is 1.03 bits per heavy atom. The van der Waals surface area contributed by atoms with Crippen LogP contribution in [0.1, 0.15) is 12.5 Å². The van der Waals surface area contributed by atoms with Gasteiger partial charge in [0.1, 0.15) is 0 Å². The largest absolute Gasteiger partial charge is 0.450 e. The van der Waals surface area contributed by atoms with Gasteiger partial charge in [-0.25, -0.2) is 14.8 Å². The van der Waals surface area contributed by atoms with Crippen LogP contribution in [0.25, 0.3) is 11.3 Å². The molecule has 1 aliphatic rings. The van der Waals surface area contributed by atoms with E-state index < -0.39 is 0 Å². The van der Waals surface area contributed by atoms with Crippen molar-refractivity contribution in [1.29, 1.82) is 0 Å². The van der Waals surface area contributed by atoms with Gasteiger partial charge in [0.2, 0.25) is 11.9 Å². The van der Waals surface area contributed by atoms with E-state index in [2.05, 4.69) is 25.6 Å². The van der Waals surface area contributed by atoms with Crippen LogP contribution in [-0.4, -0.2) is 76.1 Å². The molecule has 3 heterocycles. The van der Waals surface area contributed by atoms with E-state index in [9.17, 15) is 9.59 Å². The third kappa shape index (κ3) is 6.51. The van der Waals surface area contributed by atoms with Crippen LogP contribution in [-0.2, 0) is 9.53 Å². The van der Waals surface area contributed by atoms with Crippen LogP contribution in [0.2, 0.25) is 0 Å². The fourth-order valence-corrected chi connectivity index (χ4v) is 3.76. The van der Waals surface area contributed by atoms with Crippen LogP contribution in [0.5, 0.6) is 0 Å². The lowest BCUT2D eigenvalue weighted by Gasteiger charge is -2.33. The van der Waals surface area contributed by atoms with Crippen molar-refractivity contribution in [1.82, 2.24) is 24.8 Å². The number of nitrogens with zero attached hydrogens (tertiary/aromatic N) is 5. The summed E-state index contributed by atoms with van der Waals surface area (Å²) in [6, 6.07) is 11.3. The molecule has 0 saturated carbocycles. The van der Waals surface area contributed by atoms with Gasteiger partial charge in [-0.3, -0.25) is 14.7 Å². The van der Waals surface area contributed by atoms with E-state index in [4.69, 9.17) is 4.74 Å². The van der Waals surface area contributed by atoms with Crippen molar-refractivity contribution < 1.29 is 14.3 Å². The molecule has 182 valence electrons.